The Morgan fingerprint density at radius 1 is 1.19 bits per heavy atom. The van der Waals surface area contributed by atoms with Crippen LogP contribution in [0.25, 0.3) is 0 Å². The number of aryl methyl sites for hydroxylation is 2. The van der Waals surface area contributed by atoms with E-state index in [0.717, 1.165) is 42.9 Å². The molecule has 1 amide bonds. The number of likely N-dealkylation sites (tertiary alicyclic amines) is 1. The molecule has 9 heteroatoms. The minimum Gasteiger partial charge on any atom is -0.337 e. The fourth-order valence-electron chi connectivity index (χ4n) is 6.60. The first kappa shape index (κ1) is 35.0. The Bertz CT molecular complexity index is 1290. The predicted octanol–water partition coefficient (Wildman–Crippen LogP) is 8.48. The molecule has 2 unspecified atom stereocenters. The number of carbonyl (C=O) groups is 1. The number of hydrogen-bond acceptors (Lipinski definition) is 3. The molecule has 2 aromatic rings. The van der Waals surface area contributed by atoms with E-state index in [9.17, 15) is 13.6 Å². The molecule has 2 saturated heterocycles. The van der Waals surface area contributed by atoms with Crippen LogP contribution in [0.1, 0.15) is 99.3 Å². The van der Waals surface area contributed by atoms with E-state index in [0.29, 0.717) is 24.8 Å². The molecule has 1 aliphatic carbocycles. The summed E-state index contributed by atoms with van der Waals surface area (Å²) in [6.45, 7) is 13.6. The number of rotatable bonds is 8. The number of nitrogens with zero attached hydrogens (tertiary/aromatic N) is 4. The molecule has 5 rings (SSSR count). The molecule has 43 heavy (non-hydrogen) atoms. The van der Waals surface area contributed by atoms with Crippen molar-refractivity contribution in [2.24, 2.45) is 4.99 Å². The zero-order valence-corrected chi connectivity index (χ0v) is 27.7. The van der Waals surface area contributed by atoms with E-state index >= 15 is 0 Å². The quantitative estimate of drug-likeness (QED) is 0.168. The van der Waals surface area contributed by atoms with Gasteiger partial charge in [0.2, 0.25) is 5.91 Å². The molecule has 0 spiro atoms. The smallest absolute Gasteiger partial charge is 0.286 e. The first-order chi connectivity index (χ1) is 20.0. The van der Waals surface area contributed by atoms with E-state index < -0.39 is 5.92 Å². The average molecular weight is 628 g/mol. The fourth-order valence-corrected chi connectivity index (χ4v) is 6.60. The van der Waals surface area contributed by atoms with Crippen LogP contribution in [-0.4, -0.2) is 40.1 Å². The summed E-state index contributed by atoms with van der Waals surface area (Å²) in [7, 11) is 0. The summed E-state index contributed by atoms with van der Waals surface area (Å²) < 4.78 is 30.0. The van der Waals surface area contributed by atoms with Gasteiger partial charge in [0, 0.05) is 55.2 Å². The van der Waals surface area contributed by atoms with Crippen molar-refractivity contribution in [2.75, 3.05) is 6.54 Å². The third-order valence-corrected chi connectivity index (χ3v) is 8.57. The second-order valence-electron chi connectivity index (χ2n) is 12.6. The van der Waals surface area contributed by atoms with Crippen molar-refractivity contribution in [2.45, 2.75) is 116 Å². The van der Waals surface area contributed by atoms with Gasteiger partial charge >= 0.3 is 0 Å². The minimum atomic E-state index is -3.03. The molecule has 0 N–H and O–H groups in total. The molecular weight excluding hydrogens is 581 g/mol. The zero-order valence-electron chi connectivity index (χ0n) is 26.4. The molecule has 1 saturated carbocycles. The Morgan fingerprint density at radius 2 is 1.88 bits per heavy atom. The van der Waals surface area contributed by atoms with Crippen molar-refractivity contribution >= 4 is 18.8 Å². The maximum atomic E-state index is 14.4. The van der Waals surface area contributed by atoms with Crippen LogP contribution in [-0.2, 0) is 34.6 Å². The molecular formula is C34H46BCrF2N4O-. The summed E-state index contributed by atoms with van der Waals surface area (Å²) in [6, 6.07) is 9.27. The second kappa shape index (κ2) is 15.5. The average Bonchev–Trinajstić information content (AvgIpc) is 3.52. The van der Waals surface area contributed by atoms with Crippen molar-refractivity contribution in [1.29, 1.82) is 0 Å². The van der Waals surface area contributed by atoms with Gasteiger partial charge in [0.15, 0.2) is 0 Å². The van der Waals surface area contributed by atoms with Gasteiger partial charge in [-0.3, -0.25) is 14.5 Å². The van der Waals surface area contributed by atoms with Crippen LogP contribution in [0.2, 0.25) is 18.5 Å². The van der Waals surface area contributed by atoms with E-state index in [2.05, 4.69) is 41.8 Å². The van der Waals surface area contributed by atoms with Gasteiger partial charge in [-0.25, -0.2) is 0 Å². The third-order valence-electron chi connectivity index (χ3n) is 8.57. The van der Waals surface area contributed by atoms with E-state index in [1.807, 2.05) is 31.7 Å². The largest absolute Gasteiger partial charge is 0.337 e. The van der Waals surface area contributed by atoms with Crippen molar-refractivity contribution in [3.8, 4) is 0 Å². The summed E-state index contributed by atoms with van der Waals surface area (Å²) >= 11 is 0. The normalized spacial score (nSPS) is 20.7. The minimum absolute atomic E-state index is 0. The molecule has 1 aromatic carbocycles. The Kier molecular flexibility index (Phi) is 12.6. The van der Waals surface area contributed by atoms with Gasteiger partial charge in [-0.1, -0.05) is 58.4 Å². The molecule has 232 valence electrons. The van der Waals surface area contributed by atoms with E-state index in [4.69, 9.17) is 0 Å². The van der Waals surface area contributed by atoms with Gasteiger partial charge in [0.05, 0.1) is 5.69 Å². The number of halogens is 2. The SMILES string of the molecule is C=C(C)C=N/C=C\C.Cc1[c-]c(C2C(B3CCCCC3)CCN2C(=O)Cn2nc(C3CC3)cc2C(C)(F)F)cc(C)c1.[Cr]. The zero-order chi connectivity index (χ0) is 30.4. The van der Waals surface area contributed by atoms with Gasteiger partial charge in [-0.05, 0) is 50.6 Å². The summed E-state index contributed by atoms with van der Waals surface area (Å²) in [6.07, 6.45) is 14.5. The molecule has 0 bridgehead atoms. The number of carbonyl (C=O) groups excluding carboxylic acids is 1. The van der Waals surface area contributed by atoms with Crippen LogP contribution in [0.15, 0.2) is 47.6 Å². The van der Waals surface area contributed by atoms with Crippen LogP contribution < -0.4 is 0 Å². The Morgan fingerprint density at radius 3 is 2.47 bits per heavy atom. The maximum absolute atomic E-state index is 14.4. The number of benzene rings is 1. The number of hydrogen-bond donors (Lipinski definition) is 0. The predicted molar refractivity (Wildman–Crippen MR) is 169 cm³/mol. The standard InChI is InChI=1S/C27H35BF2N3O.C7H11N.Cr/c1-18-13-19(2)15-21(14-18)26-22(28-10-5-4-6-11-28)9-12-32(26)25(34)17-33-24(27(3,29)30)16-23(31-33)20-7-8-20;1-4-5-8-6-7(2)3;/h13-14,16,20,22,26H,4-12,17H2,1-3H3;4-6H,2H2,1,3H3;/q-1;;/b;5-4-,8-6?;. The fraction of sp³-hybridized carbons (Fsp3) is 0.559. The second-order valence-corrected chi connectivity index (χ2v) is 12.6. The Hall–Kier alpha value is -2.49. The van der Waals surface area contributed by atoms with Crippen molar-refractivity contribution in [3.05, 3.63) is 76.8 Å². The monoisotopic (exact) mass is 627 g/mol. The molecule has 2 atom stereocenters. The van der Waals surface area contributed by atoms with Gasteiger partial charge in [-0.15, -0.1) is 5.56 Å². The molecule has 5 nitrogen and oxygen atoms in total. The summed E-state index contributed by atoms with van der Waals surface area (Å²) in [5, 5.41) is 4.47. The summed E-state index contributed by atoms with van der Waals surface area (Å²) in [5.41, 5.74) is 4.83. The van der Waals surface area contributed by atoms with E-state index in [-0.39, 0.29) is 47.5 Å². The van der Waals surface area contributed by atoms with Gasteiger partial charge in [0.1, 0.15) is 19.0 Å². The topological polar surface area (TPSA) is 50.5 Å². The van der Waals surface area contributed by atoms with Crippen LogP contribution in [0, 0.1) is 19.9 Å². The maximum Gasteiger partial charge on any atom is 0.286 e. The molecule has 3 fully saturated rings. The van der Waals surface area contributed by atoms with Crippen LogP contribution in [0.5, 0.6) is 0 Å². The first-order valence-corrected chi connectivity index (χ1v) is 15.5. The van der Waals surface area contributed by atoms with E-state index in [1.165, 1.54) is 48.2 Å². The Labute approximate surface area is 268 Å². The molecule has 2 aliphatic heterocycles. The van der Waals surface area contributed by atoms with Gasteiger partial charge in [0.25, 0.3) is 5.92 Å². The molecule has 3 aliphatic rings. The molecule has 1 aromatic heterocycles. The van der Waals surface area contributed by atoms with Crippen molar-refractivity contribution < 1.29 is 30.9 Å². The van der Waals surface area contributed by atoms with Gasteiger partial charge < -0.3 is 4.90 Å². The first-order valence-electron chi connectivity index (χ1n) is 15.5. The van der Waals surface area contributed by atoms with Crippen molar-refractivity contribution in [1.82, 2.24) is 14.7 Å². The summed E-state index contributed by atoms with van der Waals surface area (Å²) in [4.78, 5) is 19.5. The van der Waals surface area contributed by atoms with Gasteiger partial charge in [-0.2, -0.15) is 43.2 Å². The number of aromatic nitrogens is 2. The number of amides is 1. The number of allylic oxidation sites excluding steroid dienone is 2. The van der Waals surface area contributed by atoms with E-state index in [1.54, 1.807) is 12.4 Å². The third kappa shape index (κ3) is 9.50. The van der Waals surface area contributed by atoms with Crippen molar-refractivity contribution in [3.63, 3.8) is 0 Å². The number of alkyl halides is 2. The Balaban J connectivity index is 0.000000497. The van der Waals surface area contributed by atoms with Crippen LogP contribution >= 0.6 is 0 Å². The number of aliphatic imine (C=N–C) groups is 1. The molecule has 0 radical (unpaired) electrons. The molecule has 3 heterocycles. The summed E-state index contributed by atoms with van der Waals surface area (Å²) in [5.74, 6) is -2.49. The van der Waals surface area contributed by atoms with Crippen LogP contribution in [0.3, 0.4) is 0 Å². The van der Waals surface area contributed by atoms with Crippen LogP contribution in [0.4, 0.5) is 8.78 Å².